The first-order valence-electron chi connectivity index (χ1n) is 10.4. The Morgan fingerprint density at radius 1 is 1.15 bits per heavy atom. The highest BCUT2D eigenvalue weighted by atomic mass is 19.1. The maximum absolute atomic E-state index is 13.2. The molecule has 8 nitrogen and oxygen atoms in total. The monoisotopic (exact) mass is 439 g/mol. The summed E-state index contributed by atoms with van der Waals surface area (Å²) in [6, 6.07) is 14.6. The third-order valence-electron chi connectivity index (χ3n) is 5.62. The molecule has 0 bridgehead atoms. The number of hydrogen-bond donors (Lipinski definition) is 0. The third-order valence-corrected chi connectivity index (χ3v) is 5.62. The number of Topliss-reactive ketones (excluding diaryl/α,β-unsaturated/α-hetero) is 1. The van der Waals surface area contributed by atoms with Gasteiger partial charge in [-0.25, -0.2) is 14.4 Å². The van der Waals surface area contributed by atoms with Gasteiger partial charge < -0.3 is 4.90 Å². The van der Waals surface area contributed by atoms with Gasteiger partial charge in [0.25, 0.3) is 0 Å². The first kappa shape index (κ1) is 20.5. The van der Waals surface area contributed by atoms with Crippen molar-refractivity contribution in [1.82, 2.24) is 24.7 Å². The van der Waals surface area contributed by atoms with E-state index in [2.05, 4.69) is 21.3 Å². The molecule has 3 heterocycles. The van der Waals surface area contributed by atoms with Crippen molar-refractivity contribution in [1.29, 1.82) is 5.26 Å². The van der Waals surface area contributed by atoms with Gasteiger partial charge in [-0.05, 0) is 55.0 Å². The average Bonchev–Trinajstić information content (AvgIpc) is 3.33. The third kappa shape index (κ3) is 3.61. The summed E-state index contributed by atoms with van der Waals surface area (Å²) >= 11 is 0. The quantitative estimate of drug-likeness (QED) is 0.432. The second kappa shape index (κ2) is 8.24. The number of ketones is 1. The Bertz CT molecular complexity index is 1370. The van der Waals surface area contributed by atoms with Gasteiger partial charge in [0, 0.05) is 11.3 Å². The van der Waals surface area contributed by atoms with E-state index in [1.54, 1.807) is 24.7 Å². The van der Waals surface area contributed by atoms with Crippen molar-refractivity contribution >= 4 is 17.3 Å². The highest BCUT2D eigenvalue weighted by Crippen LogP contribution is 2.42. The van der Waals surface area contributed by atoms with E-state index in [1.165, 1.54) is 24.3 Å². The van der Waals surface area contributed by atoms with E-state index in [1.807, 2.05) is 28.5 Å². The maximum Gasteiger partial charge on any atom is 0.170 e. The standard InChI is InChI=1S/C24H18FN7O/c1-2-19-24-30-28-14-31(24)20-13-27-22(11-21(33)16-5-7-17(25)8-6-16)29-23(20)32(19)18-9-3-15(12-26)4-10-18/h3-10,13-14,19H,2,11H2,1H3. The van der Waals surface area contributed by atoms with E-state index in [-0.39, 0.29) is 18.2 Å². The molecule has 1 aliphatic rings. The van der Waals surface area contributed by atoms with E-state index < -0.39 is 5.82 Å². The average molecular weight is 439 g/mol. The lowest BCUT2D eigenvalue weighted by Gasteiger charge is -2.36. The maximum atomic E-state index is 13.2. The molecule has 4 aromatic rings. The predicted molar refractivity (Wildman–Crippen MR) is 118 cm³/mol. The molecule has 0 spiro atoms. The number of hydrogen-bond acceptors (Lipinski definition) is 7. The van der Waals surface area contributed by atoms with E-state index in [4.69, 9.17) is 10.2 Å². The van der Waals surface area contributed by atoms with E-state index in [0.717, 1.165) is 17.9 Å². The van der Waals surface area contributed by atoms with Crippen LogP contribution in [0.1, 0.15) is 47.0 Å². The largest absolute Gasteiger partial charge is 0.314 e. The number of carbonyl (C=O) groups excluding carboxylic acids is 1. The molecule has 0 fully saturated rings. The summed E-state index contributed by atoms with van der Waals surface area (Å²) in [5.74, 6) is 1.13. The van der Waals surface area contributed by atoms with Crippen molar-refractivity contribution in [2.75, 3.05) is 4.90 Å². The van der Waals surface area contributed by atoms with Crippen molar-refractivity contribution in [2.45, 2.75) is 25.8 Å². The smallest absolute Gasteiger partial charge is 0.170 e. The normalized spacial score (nSPS) is 14.3. The molecule has 2 aromatic carbocycles. The Balaban J connectivity index is 1.58. The van der Waals surface area contributed by atoms with Crippen LogP contribution in [0.4, 0.5) is 15.9 Å². The summed E-state index contributed by atoms with van der Waals surface area (Å²) in [6.07, 6.45) is 3.99. The number of benzene rings is 2. The number of nitriles is 1. The van der Waals surface area contributed by atoms with E-state index >= 15 is 0 Å². The molecule has 0 saturated carbocycles. The van der Waals surface area contributed by atoms with Crippen LogP contribution in [0, 0.1) is 17.1 Å². The number of fused-ring (bicyclic) bond motifs is 3. The molecule has 2 aromatic heterocycles. The van der Waals surface area contributed by atoms with Gasteiger partial charge in [-0.15, -0.1) is 10.2 Å². The molecule has 1 aliphatic heterocycles. The summed E-state index contributed by atoms with van der Waals surface area (Å²) < 4.78 is 15.1. The molecular formula is C24H18FN7O. The number of halogens is 1. The molecular weight excluding hydrogens is 421 g/mol. The van der Waals surface area contributed by atoms with Crippen LogP contribution < -0.4 is 4.90 Å². The van der Waals surface area contributed by atoms with Gasteiger partial charge >= 0.3 is 0 Å². The Kier molecular flexibility index (Phi) is 5.11. The summed E-state index contributed by atoms with van der Waals surface area (Å²) in [5, 5.41) is 17.6. The lowest BCUT2D eigenvalue weighted by Crippen LogP contribution is -2.32. The molecule has 162 valence electrons. The second-order valence-corrected chi connectivity index (χ2v) is 7.61. The van der Waals surface area contributed by atoms with E-state index in [9.17, 15) is 9.18 Å². The molecule has 9 heteroatoms. The fourth-order valence-electron chi connectivity index (χ4n) is 4.00. The molecule has 5 rings (SSSR count). The van der Waals surface area contributed by atoms with Gasteiger partial charge in [-0.1, -0.05) is 6.92 Å². The van der Waals surface area contributed by atoms with Gasteiger partial charge in [-0.3, -0.25) is 9.36 Å². The second-order valence-electron chi connectivity index (χ2n) is 7.61. The Hall–Kier alpha value is -4.45. The minimum Gasteiger partial charge on any atom is -0.314 e. The number of rotatable bonds is 5. The van der Waals surface area contributed by atoms with Gasteiger partial charge in [0.1, 0.15) is 23.7 Å². The van der Waals surface area contributed by atoms with E-state index in [0.29, 0.717) is 28.5 Å². The lowest BCUT2D eigenvalue weighted by atomic mass is 10.1. The van der Waals surface area contributed by atoms with Gasteiger partial charge in [0.15, 0.2) is 17.4 Å². The zero-order valence-electron chi connectivity index (χ0n) is 17.7. The minimum absolute atomic E-state index is 0.0219. The fourth-order valence-corrected chi connectivity index (χ4v) is 4.00. The Labute approximate surface area is 189 Å². The van der Waals surface area contributed by atoms with Crippen LogP contribution in [-0.2, 0) is 6.42 Å². The van der Waals surface area contributed by atoms with Crippen LogP contribution in [0.3, 0.4) is 0 Å². The molecule has 0 amide bonds. The van der Waals surface area contributed by atoms with Crippen molar-refractivity contribution in [3.63, 3.8) is 0 Å². The van der Waals surface area contributed by atoms with Crippen LogP contribution in [-0.4, -0.2) is 30.5 Å². The van der Waals surface area contributed by atoms with Crippen molar-refractivity contribution < 1.29 is 9.18 Å². The molecule has 1 atom stereocenters. The fraction of sp³-hybridized carbons (Fsp3) is 0.167. The SMILES string of the molecule is CCC1c2nncn2-c2cnc(CC(=O)c3ccc(F)cc3)nc2N1c1ccc(C#N)cc1. The zero-order chi connectivity index (χ0) is 22.9. The highest BCUT2D eigenvalue weighted by Gasteiger charge is 2.34. The van der Waals surface area contributed by atoms with Crippen LogP contribution in [0.5, 0.6) is 0 Å². The molecule has 33 heavy (non-hydrogen) atoms. The molecule has 0 aliphatic carbocycles. The van der Waals surface area contributed by atoms with Crippen LogP contribution in [0.15, 0.2) is 61.1 Å². The van der Waals surface area contributed by atoms with Crippen molar-refractivity contribution in [2.24, 2.45) is 0 Å². The summed E-state index contributed by atoms with van der Waals surface area (Å²) in [5.41, 5.74) is 2.49. The number of carbonyl (C=O) groups is 1. The molecule has 0 N–H and O–H groups in total. The topological polar surface area (TPSA) is 101 Å². The van der Waals surface area contributed by atoms with Crippen LogP contribution in [0.25, 0.3) is 5.69 Å². The summed E-state index contributed by atoms with van der Waals surface area (Å²) in [7, 11) is 0. The first-order valence-corrected chi connectivity index (χ1v) is 10.4. The van der Waals surface area contributed by atoms with Crippen molar-refractivity contribution in [3.05, 3.63) is 89.6 Å². The number of nitrogens with zero attached hydrogens (tertiary/aromatic N) is 7. The lowest BCUT2D eigenvalue weighted by molar-refractivity contribution is 0.0990. The number of anilines is 2. The summed E-state index contributed by atoms with van der Waals surface area (Å²) in [4.78, 5) is 23.9. The molecule has 0 saturated heterocycles. The molecule has 0 radical (unpaired) electrons. The zero-order valence-corrected chi connectivity index (χ0v) is 17.7. The Morgan fingerprint density at radius 3 is 2.61 bits per heavy atom. The van der Waals surface area contributed by atoms with Gasteiger partial charge in [0.2, 0.25) is 0 Å². The summed E-state index contributed by atoms with van der Waals surface area (Å²) in [6.45, 7) is 2.05. The first-order chi connectivity index (χ1) is 16.1. The minimum atomic E-state index is -0.398. The highest BCUT2D eigenvalue weighted by molar-refractivity contribution is 5.97. The van der Waals surface area contributed by atoms with Crippen molar-refractivity contribution in [3.8, 4) is 11.8 Å². The number of aromatic nitrogens is 5. The van der Waals surface area contributed by atoms with Crippen LogP contribution in [0.2, 0.25) is 0 Å². The molecule has 1 unspecified atom stereocenters. The van der Waals surface area contributed by atoms with Gasteiger partial charge in [0.05, 0.1) is 30.3 Å². The Morgan fingerprint density at radius 2 is 1.91 bits per heavy atom. The van der Waals surface area contributed by atoms with Crippen LogP contribution >= 0.6 is 0 Å². The predicted octanol–water partition coefficient (Wildman–Crippen LogP) is 4.10. The van der Waals surface area contributed by atoms with Gasteiger partial charge in [-0.2, -0.15) is 5.26 Å².